The number of carbonyl (C=O) groups excluding carboxylic acids is 2. The van der Waals surface area contributed by atoms with Crippen LogP contribution in [0, 0.1) is 5.92 Å². The molecule has 2 amide bonds. The van der Waals surface area contributed by atoms with E-state index in [1.807, 2.05) is 30.3 Å². The normalized spacial score (nSPS) is 34.1. The van der Waals surface area contributed by atoms with Crippen LogP contribution in [0.5, 0.6) is 0 Å². The van der Waals surface area contributed by atoms with Gasteiger partial charge in [-0.2, -0.15) is 0 Å². The van der Waals surface area contributed by atoms with Crippen LogP contribution >= 0.6 is 0 Å². The summed E-state index contributed by atoms with van der Waals surface area (Å²) in [6.07, 6.45) is 1.00. The Labute approximate surface area is 112 Å². The molecule has 1 saturated heterocycles. The maximum atomic E-state index is 12.6. The molecular weight excluding hydrogens is 240 g/mol. The van der Waals surface area contributed by atoms with Crippen LogP contribution < -0.4 is 5.32 Å². The van der Waals surface area contributed by atoms with Gasteiger partial charge < -0.3 is 10.2 Å². The highest BCUT2D eigenvalue weighted by Crippen LogP contribution is 2.39. The fourth-order valence-corrected chi connectivity index (χ4v) is 2.80. The van der Waals surface area contributed by atoms with Gasteiger partial charge >= 0.3 is 0 Å². The second-order valence-corrected chi connectivity index (χ2v) is 5.55. The largest absolute Gasteiger partial charge is 0.339 e. The minimum Gasteiger partial charge on any atom is -0.339 e. The van der Waals surface area contributed by atoms with Crippen LogP contribution in [-0.2, 0) is 9.59 Å². The number of piperazine rings is 1. The summed E-state index contributed by atoms with van der Waals surface area (Å²) in [6.45, 7) is 3.92. The van der Waals surface area contributed by atoms with Gasteiger partial charge in [-0.1, -0.05) is 37.3 Å². The van der Waals surface area contributed by atoms with Gasteiger partial charge in [-0.3, -0.25) is 9.59 Å². The van der Waals surface area contributed by atoms with Gasteiger partial charge in [0.25, 0.3) is 5.91 Å². The second-order valence-electron chi connectivity index (χ2n) is 5.55. The summed E-state index contributed by atoms with van der Waals surface area (Å²) in [4.78, 5) is 26.5. The Balaban J connectivity index is 1.90. The van der Waals surface area contributed by atoms with E-state index < -0.39 is 6.04 Å². The van der Waals surface area contributed by atoms with Crippen molar-refractivity contribution in [2.24, 2.45) is 5.92 Å². The molecule has 0 aromatic heterocycles. The molecule has 1 N–H and O–H groups in total. The molecule has 2 fully saturated rings. The molecule has 2 aliphatic rings. The molecule has 0 radical (unpaired) electrons. The van der Waals surface area contributed by atoms with Gasteiger partial charge in [0.15, 0.2) is 0 Å². The van der Waals surface area contributed by atoms with Crippen molar-refractivity contribution < 1.29 is 9.59 Å². The smallest absolute Gasteiger partial charge is 0.250 e. The van der Waals surface area contributed by atoms with Crippen LogP contribution in [0.15, 0.2) is 30.3 Å². The van der Waals surface area contributed by atoms with Gasteiger partial charge in [-0.05, 0) is 24.8 Å². The quantitative estimate of drug-likeness (QED) is 0.873. The fraction of sp³-hybridized carbons (Fsp3) is 0.467. The van der Waals surface area contributed by atoms with E-state index in [2.05, 4.69) is 12.2 Å². The number of benzene rings is 1. The van der Waals surface area contributed by atoms with Crippen LogP contribution in [-0.4, -0.2) is 28.8 Å². The van der Waals surface area contributed by atoms with E-state index in [0.717, 1.165) is 12.0 Å². The monoisotopic (exact) mass is 258 g/mol. The summed E-state index contributed by atoms with van der Waals surface area (Å²) in [7, 11) is 0. The zero-order valence-corrected chi connectivity index (χ0v) is 11.2. The average molecular weight is 258 g/mol. The van der Waals surface area contributed by atoms with Crippen LogP contribution in [0.1, 0.15) is 31.9 Å². The van der Waals surface area contributed by atoms with Gasteiger partial charge in [0.2, 0.25) is 5.91 Å². The molecule has 1 heterocycles. The van der Waals surface area contributed by atoms with Crippen molar-refractivity contribution in [1.29, 1.82) is 0 Å². The molecule has 3 rings (SSSR count). The lowest BCUT2D eigenvalue weighted by Crippen LogP contribution is -2.59. The topological polar surface area (TPSA) is 49.4 Å². The molecule has 1 aliphatic carbocycles. The Morgan fingerprint density at radius 2 is 1.79 bits per heavy atom. The first-order valence-corrected chi connectivity index (χ1v) is 6.77. The van der Waals surface area contributed by atoms with Crippen molar-refractivity contribution in [2.75, 3.05) is 0 Å². The predicted octanol–water partition coefficient (Wildman–Crippen LogP) is 1.48. The van der Waals surface area contributed by atoms with Crippen LogP contribution in [0.3, 0.4) is 0 Å². The highest BCUT2D eigenvalue weighted by atomic mass is 16.2. The second kappa shape index (κ2) is 4.37. The van der Waals surface area contributed by atoms with E-state index in [1.54, 1.807) is 11.8 Å². The first kappa shape index (κ1) is 12.2. The Morgan fingerprint density at radius 3 is 2.37 bits per heavy atom. The third kappa shape index (κ3) is 2.01. The fourth-order valence-electron chi connectivity index (χ4n) is 2.80. The third-order valence-corrected chi connectivity index (χ3v) is 4.14. The van der Waals surface area contributed by atoms with Gasteiger partial charge in [-0.25, -0.2) is 0 Å². The van der Waals surface area contributed by atoms with Gasteiger partial charge in [0, 0.05) is 6.04 Å². The standard InChI is InChI=1S/C15H18N2O2/c1-9-8-12(9)17-10(2)14(18)16-13(15(17)19)11-6-4-3-5-7-11/h3-7,9-10,12-13H,8H2,1-2H3,(H,16,18). The van der Waals surface area contributed by atoms with E-state index in [0.29, 0.717) is 5.92 Å². The Kier molecular flexibility index (Phi) is 2.81. The first-order chi connectivity index (χ1) is 9.09. The predicted molar refractivity (Wildman–Crippen MR) is 71.2 cm³/mol. The van der Waals surface area contributed by atoms with E-state index >= 15 is 0 Å². The first-order valence-electron chi connectivity index (χ1n) is 6.77. The van der Waals surface area contributed by atoms with Crippen molar-refractivity contribution >= 4 is 11.8 Å². The Hall–Kier alpha value is -1.84. The van der Waals surface area contributed by atoms with E-state index in [4.69, 9.17) is 0 Å². The SMILES string of the molecule is CC1CC1N1C(=O)C(c2ccccc2)NC(=O)C1C. The summed E-state index contributed by atoms with van der Waals surface area (Å²) in [5, 5.41) is 2.83. The summed E-state index contributed by atoms with van der Waals surface area (Å²) in [5.74, 6) is 0.467. The van der Waals surface area contributed by atoms with Gasteiger partial charge in [0.05, 0.1) is 0 Å². The van der Waals surface area contributed by atoms with E-state index in [9.17, 15) is 9.59 Å². The van der Waals surface area contributed by atoms with Crippen LogP contribution in [0.25, 0.3) is 0 Å². The van der Waals surface area contributed by atoms with Gasteiger partial charge in [0.1, 0.15) is 12.1 Å². The molecule has 4 heteroatoms. The average Bonchev–Trinajstić information content (AvgIpc) is 3.12. The van der Waals surface area contributed by atoms with E-state index in [1.165, 1.54) is 0 Å². The molecular formula is C15H18N2O2. The number of nitrogens with one attached hydrogen (secondary N) is 1. The number of amides is 2. The number of carbonyl (C=O) groups is 2. The maximum Gasteiger partial charge on any atom is 0.250 e. The molecule has 0 bridgehead atoms. The summed E-state index contributed by atoms with van der Waals surface area (Å²) in [5.41, 5.74) is 0.853. The van der Waals surface area contributed by atoms with Crippen molar-refractivity contribution in [3.63, 3.8) is 0 Å². The van der Waals surface area contributed by atoms with Crippen LogP contribution in [0.2, 0.25) is 0 Å². The highest BCUT2D eigenvalue weighted by Gasteiger charge is 2.49. The number of hydrogen-bond acceptors (Lipinski definition) is 2. The minimum absolute atomic E-state index is 0.0210. The number of rotatable bonds is 2. The molecule has 4 nitrogen and oxygen atoms in total. The molecule has 100 valence electrons. The Morgan fingerprint density at radius 1 is 1.16 bits per heavy atom. The molecule has 19 heavy (non-hydrogen) atoms. The zero-order chi connectivity index (χ0) is 13.6. The molecule has 1 aromatic rings. The zero-order valence-electron chi connectivity index (χ0n) is 11.2. The Bertz CT molecular complexity index is 514. The number of nitrogens with zero attached hydrogens (tertiary/aromatic N) is 1. The molecule has 1 saturated carbocycles. The van der Waals surface area contributed by atoms with Crippen molar-refractivity contribution in [1.82, 2.24) is 10.2 Å². The molecule has 4 unspecified atom stereocenters. The molecule has 4 atom stereocenters. The molecule has 0 spiro atoms. The third-order valence-electron chi connectivity index (χ3n) is 4.14. The van der Waals surface area contributed by atoms with Crippen LogP contribution in [0.4, 0.5) is 0 Å². The van der Waals surface area contributed by atoms with Gasteiger partial charge in [-0.15, -0.1) is 0 Å². The number of hydrogen-bond donors (Lipinski definition) is 1. The molecule has 1 aliphatic heterocycles. The van der Waals surface area contributed by atoms with Crippen molar-refractivity contribution in [3.8, 4) is 0 Å². The lowest BCUT2D eigenvalue weighted by atomic mass is 10.0. The highest BCUT2D eigenvalue weighted by molar-refractivity contribution is 5.97. The van der Waals surface area contributed by atoms with E-state index in [-0.39, 0.29) is 23.9 Å². The van der Waals surface area contributed by atoms with Crippen molar-refractivity contribution in [3.05, 3.63) is 35.9 Å². The minimum atomic E-state index is -0.530. The lowest BCUT2D eigenvalue weighted by molar-refractivity contribution is -0.149. The summed E-state index contributed by atoms with van der Waals surface area (Å²) < 4.78 is 0. The molecule has 1 aromatic carbocycles. The van der Waals surface area contributed by atoms with Crippen molar-refractivity contribution in [2.45, 2.75) is 38.4 Å². The lowest BCUT2D eigenvalue weighted by Gasteiger charge is -2.38. The summed E-state index contributed by atoms with van der Waals surface area (Å²) in [6, 6.07) is 8.79. The summed E-state index contributed by atoms with van der Waals surface area (Å²) >= 11 is 0. The maximum absolute atomic E-state index is 12.6.